The Kier molecular flexibility index (Phi) is 8.80. The predicted octanol–water partition coefficient (Wildman–Crippen LogP) is 3.26. The van der Waals surface area contributed by atoms with Crippen LogP contribution in [0.1, 0.15) is 65.7 Å². The van der Waals surface area contributed by atoms with Crippen molar-refractivity contribution < 1.29 is 14.4 Å². The van der Waals surface area contributed by atoms with Crippen molar-refractivity contribution in [2.24, 2.45) is 22.8 Å². The van der Waals surface area contributed by atoms with Gasteiger partial charge in [-0.05, 0) is 67.2 Å². The van der Waals surface area contributed by atoms with E-state index in [4.69, 9.17) is 11.5 Å². The van der Waals surface area contributed by atoms with Crippen LogP contribution in [0.4, 0.5) is 0 Å². The maximum absolute atomic E-state index is 13.7. The Morgan fingerprint density at radius 1 is 1.06 bits per heavy atom. The Morgan fingerprint density at radius 2 is 1.75 bits per heavy atom. The summed E-state index contributed by atoms with van der Waals surface area (Å²) in [6.07, 6.45) is 8.36. The van der Waals surface area contributed by atoms with E-state index in [1.165, 1.54) is 32.1 Å². The fraction of sp³-hybridized carbons (Fsp3) is 0.536. The lowest BCUT2D eigenvalue weighted by atomic mass is 9.72. The fourth-order valence-corrected chi connectivity index (χ4v) is 6.36. The lowest BCUT2D eigenvalue weighted by Crippen LogP contribution is -2.54. The molecule has 1 saturated heterocycles. The summed E-state index contributed by atoms with van der Waals surface area (Å²) in [5.74, 6) is 0.103. The molecule has 1 atom stereocenters. The first kappa shape index (κ1) is 26.4. The summed E-state index contributed by atoms with van der Waals surface area (Å²) in [5.41, 5.74) is 12.5. The van der Waals surface area contributed by atoms with Crippen molar-refractivity contribution in [1.82, 2.24) is 10.2 Å². The second kappa shape index (κ2) is 12.0. The van der Waals surface area contributed by atoms with Crippen LogP contribution in [0.2, 0.25) is 0 Å². The minimum Gasteiger partial charge on any atom is -0.366 e. The predicted molar refractivity (Wildman–Crippen MR) is 142 cm³/mol. The minimum atomic E-state index is -0.600. The van der Waals surface area contributed by atoms with Gasteiger partial charge in [0.25, 0.3) is 0 Å². The Balaban J connectivity index is 1.43. The number of amides is 3. The number of nitrogens with one attached hydrogen (secondary N) is 1. The first-order chi connectivity index (χ1) is 17.4. The van der Waals surface area contributed by atoms with Crippen molar-refractivity contribution in [2.75, 3.05) is 19.6 Å². The molecular weight excluding hydrogens is 472 g/mol. The standard InChI is InChI=1S/C28H38N4O3S/c29-24(17-23-7-4-16-36-23)26(34)32-14-12-28(13-15-32,18-20-8-10-22(11-9-20)25(30)33)27(35)31-19-21-5-2-1-3-6-21/h4,7-11,16,21,24H,1-3,5-6,12-15,17-19,29H2,(H2,30,33)(H,31,35)/t24-/m0/s1. The molecule has 0 spiro atoms. The van der Waals surface area contributed by atoms with Crippen molar-refractivity contribution in [1.29, 1.82) is 0 Å². The molecule has 2 aliphatic rings. The first-order valence-electron chi connectivity index (χ1n) is 13.1. The van der Waals surface area contributed by atoms with E-state index in [2.05, 4.69) is 5.32 Å². The number of primary amides is 1. The zero-order valence-electron chi connectivity index (χ0n) is 20.9. The number of nitrogens with two attached hydrogens (primary N) is 2. The van der Waals surface area contributed by atoms with Gasteiger partial charge in [-0.25, -0.2) is 0 Å². The number of benzene rings is 1. The van der Waals surface area contributed by atoms with Crippen molar-refractivity contribution in [2.45, 2.75) is 63.8 Å². The highest BCUT2D eigenvalue weighted by Crippen LogP contribution is 2.36. The third-order valence-corrected chi connectivity index (χ3v) is 8.79. The maximum Gasteiger partial charge on any atom is 0.248 e. The number of hydrogen-bond donors (Lipinski definition) is 3. The molecule has 2 aromatic rings. The zero-order chi connectivity index (χ0) is 25.5. The van der Waals surface area contributed by atoms with Gasteiger partial charge in [0.15, 0.2) is 0 Å². The maximum atomic E-state index is 13.7. The summed E-state index contributed by atoms with van der Waals surface area (Å²) in [4.78, 5) is 41.1. The SMILES string of the molecule is NC(=O)c1ccc(CC2(C(=O)NCC3CCCCC3)CCN(C(=O)[C@@H](N)Cc3cccs3)CC2)cc1. The van der Waals surface area contributed by atoms with Crippen LogP contribution in [0.25, 0.3) is 0 Å². The number of thiophene rings is 1. The number of likely N-dealkylation sites (tertiary alicyclic amines) is 1. The number of rotatable bonds is 9. The van der Waals surface area contributed by atoms with Gasteiger partial charge in [-0.2, -0.15) is 0 Å². The van der Waals surface area contributed by atoms with E-state index in [0.29, 0.717) is 50.3 Å². The average molecular weight is 511 g/mol. The van der Waals surface area contributed by atoms with Crippen molar-refractivity contribution in [3.63, 3.8) is 0 Å². The third kappa shape index (κ3) is 6.53. The van der Waals surface area contributed by atoms with Gasteiger partial charge in [0.1, 0.15) is 0 Å². The number of hydrogen-bond acceptors (Lipinski definition) is 5. The molecule has 8 heteroatoms. The van der Waals surface area contributed by atoms with Crippen LogP contribution in [-0.2, 0) is 22.4 Å². The summed E-state index contributed by atoms with van der Waals surface area (Å²) in [6.45, 7) is 1.73. The molecule has 0 unspecified atom stereocenters. The van der Waals surface area contributed by atoms with E-state index in [1.807, 2.05) is 34.5 Å². The van der Waals surface area contributed by atoms with Crippen LogP contribution < -0.4 is 16.8 Å². The van der Waals surface area contributed by atoms with Crippen LogP contribution in [-0.4, -0.2) is 48.3 Å². The summed E-state index contributed by atoms with van der Waals surface area (Å²) in [6, 6.07) is 10.6. The van der Waals surface area contributed by atoms with E-state index in [-0.39, 0.29) is 11.8 Å². The summed E-state index contributed by atoms with van der Waals surface area (Å²) in [7, 11) is 0. The molecule has 4 rings (SSSR count). The topological polar surface area (TPSA) is 119 Å². The molecular formula is C28H38N4O3S. The number of nitrogens with zero attached hydrogens (tertiary/aromatic N) is 1. The molecule has 7 nitrogen and oxygen atoms in total. The smallest absolute Gasteiger partial charge is 0.248 e. The Hall–Kier alpha value is -2.71. The van der Waals surface area contributed by atoms with Crippen LogP contribution in [0.15, 0.2) is 41.8 Å². The largest absolute Gasteiger partial charge is 0.366 e. The summed E-state index contributed by atoms with van der Waals surface area (Å²) < 4.78 is 0. The van der Waals surface area contributed by atoms with Gasteiger partial charge in [0, 0.05) is 36.5 Å². The molecule has 5 N–H and O–H groups in total. The molecule has 1 aliphatic heterocycles. The summed E-state index contributed by atoms with van der Waals surface area (Å²) in [5, 5.41) is 5.26. The van der Waals surface area contributed by atoms with Gasteiger partial charge in [-0.3, -0.25) is 14.4 Å². The van der Waals surface area contributed by atoms with Crippen LogP contribution in [0.5, 0.6) is 0 Å². The first-order valence-corrected chi connectivity index (χ1v) is 14.0. The van der Waals surface area contributed by atoms with E-state index in [9.17, 15) is 14.4 Å². The van der Waals surface area contributed by atoms with Crippen LogP contribution >= 0.6 is 11.3 Å². The highest BCUT2D eigenvalue weighted by molar-refractivity contribution is 7.09. The van der Waals surface area contributed by atoms with E-state index < -0.39 is 17.4 Å². The van der Waals surface area contributed by atoms with Gasteiger partial charge in [0.05, 0.1) is 11.5 Å². The highest BCUT2D eigenvalue weighted by Gasteiger charge is 2.43. The molecule has 194 valence electrons. The van der Waals surface area contributed by atoms with Crippen molar-refractivity contribution in [3.05, 3.63) is 57.8 Å². The molecule has 3 amide bonds. The molecule has 2 fully saturated rings. The molecule has 1 aromatic heterocycles. The zero-order valence-corrected chi connectivity index (χ0v) is 21.7. The van der Waals surface area contributed by atoms with Gasteiger partial charge >= 0.3 is 0 Å². The summed E-state index contributed by atoms with van der Waals surface area (Å²) >= 11 is 1.61. The van der Waals surface area contributed by atoms with Gasteiger partial charge in [-0.15, -0.1) is 11.3 Å². The van der Waals surface area contributed by atoms with Gasteiger partial charge < -0.3 is 21.7 Å². The van der Waals surface area contributed by atoms with Crippen molar-refractivity contribution in [3.8, 4) is 0 Å². The van der Waals surface area contributed by atoms with Gasteiger partial charge in [-0.1, -0.05) is 37.5 Å². The molecule has 0 radical (unpaired) electrons. The molecule has 2 heterocycles. The second-order valence-electron chi connectivity index (χ2n) is 10.4. The molecule has 1 saturated carbocycles. The van der Waals surface area contributed by atoms with Crippen LogP contribution in [0, 0.1) is 11.3 Å². The molecule has 36 heavy (non-hydrogen) atoms. The van der Waals surface area contributed by atoms with Crippen molar-refractivity contribution >= 4 is 29.1 Å². The van der Waals surface area contributed by atoms with E-state index in [0.717, 1.165) is 17.0 Å². The third-order valence-electron chi connectivity index (χ3n) is 7.89. The van der Waals surface area contributed by atoms with Gasteiger partial charge in [0.2, 0.25) is 17.7 Å². The molecule has 0 bridgehead atoms. The van der Waals surface area contributed by atoms with E-state index in [1.54, 1.807) is 23.5 Å². The molecule has 1 aromatic carbocycles. The molecule has 1 aliphatic carbocycles. The normalized spacial score (nSPS) is 19.0. The number of piperidine rings is 1. The quantitative estimate of drug-likeness (QED) is 0.480. The van der Waals surface area contributed by atoms with Crippen LogP contribution in [0.3, 0.4) is 0 Å². The number of carbonyl (C=O) groups excluding carboxylic acids is 3. The Morgan fingerprint density at radius 3 is 2.36 bits per heavy atom. The monoisotopic (exact) mass is 510 g/mol. The second-order valence-corrected chi connectivity index (χ2v) is 11.5. The Bertz CT molecular complexity index is 1020. The Labute approximate surface area is 217 Å². The highest BCUT2D eigenvalue weighted by atomic mass is 32.1. The fourth-order valence-electron chi connectivity index (χ4n) is 5.60. The van der Waals surface area contributed by atoms with E-state index >= 15 is 0 Å². The average Bonchev–Trinajstić information content (AvgIpc) is 3.41. The minimum absolute atomic E-state index is 0.0505. The number of carbonyl (C=O) groups is 3. The lowest BCUT2D eigenvalue weighted by molar-refractivity contribution is -0.141. The lowest BCUT2D eigenvalue weighted by Gasteiger charge is -2.42.